The van der Waals surface area contributed by atoms with Crippen molar-refractivity contribution in [2.45, 2.75) is 6.92 Å². The van der Waals surface area contributed by atoms with Crippen LogP contribution in [0.2, 0.25) is 0 Å². The molecule has 0 saturated carbocycles. The summed E-state index contributed by atoms with van der Waals surface area (Å²) in [6.45, 7) is 1.90. The molecule has 0 bridgehead atoms. The van der Waals surface area contributed by atoms with Gasteiger partial charge in [-0.05, 0) is 48.9 Å². The lowest BCUT2D eigenvalue weighted by molar-refractivity contribution is 0.414. The van der Waals surface area contributed by atoms with Gasteiger partial charge in [0.1, 0.15) is 23.7 Å². The van der Waals surface area contributed by atoms with Gasteiger partial charge in [-0.3, -0.25) is 0 Å². The fourth-order valence-electron chi connectivity index (χ4n) is 2.71. The first-order valence-electron chi connectivity index (χ1n) is 8.02. The topological polar surface area (TPSA) is 64.9 Å². The van der Waals surface area contributed by atoms with Gasteiger partial charge in [0.25, 0.3) is 0 Å². The maximum atomic E-state index is 13.6. The minimum Gasteiger partial charge on any atom is -0.497 e. The molecule has 4 rings (SSSR count). The van der Waals surface area contributed by atoms with E-state index in [0.717, 1.165) is 22.4 Å². The van der Waals surface area contributed by atoms with Gasteiger partial charge in [0, 0.05) is 5.69 Å². The van der Waals surface area contributed by atoms with Gasteiger partial charge in [0.2, 0.25) is 0 Å². The van der Waals surface area contributed by atoms with Crippen molar-refractivity contribution in [2.75, 3.05) is 12.4 Å². The maximum Gasteiger partial charge on any atom is 0.168 e. The molecule has 2 aromatic carbocycles. The highest BCUT2D eigenvalue weighted by molar-refractivity contribution is 5.89. The van der Waals surface area contributed by atoms with Crippen LogP contribution in [0.3, 0.4) is 0 Å². The molecule has 4 aromatic rings. The number of benzene rings is 2. The molecule has 6 nitrogen and oxygen atoms in total. The van der Waals surface area contributed by atoms with Crippen LogP contribution in [0.1, 0.15) is 5.56 Å². The summed E-state index contributed by atoms with van der Waals surface area (Å²) in [5.74, 6) is 1.03. The van der Waals surface area contributed by atoms with Gasteiger partial charge >= 0.3 is 0 Å². The predicted octanol–water partition coefficient (Wildman–Crippen LogP) is 4.02. The molecule has 0 aliphatic carbocycles. The van der Waals surface area contributed by atoms with Crippen molar-refractivity contribution in [3.8, 4) is 11.4 Å². The first-order chi connectivity index (χ1) is 12.7. The molecule has 0 unspecified atom stereocenters. The van der Waals surface area contributed by atoms with Gasteiger partial charge in [0.15, 0.2) is 5.65 Å². The van der Waals surface area contributed by atoms with E-state index in [-0.39, 0.29) is 5.82 Å². The molecule has 0 amide bonds. The molecule has 2 heterocycles. The number of hydrogen-bond donors (Lipinski definition) is 1. The average Bonchev–Trinajstić information content (AvgIpc) is 3.10. The van der Waals surface area contributed by atoms with Crippen LogP contribution in [0.15, 0.2) is 55.0 Å². The second-order valence-electron chi connectivity index (χ2n) is 5.80. The number of ether oxygens (including phenoxy) is 1. The Morgan fingerprint density at radius 3 is 2.65 bits per heavy atom. The van der Waals surface area contributed by atoms with Crippen LogP contribution < -0.4 is 10.1 Å². The minimum atomic E-state index is -0.308. The molecule has 1 N–H and O–H groups in total. The Hall–Kier alpha value is -3.48. The lowest BCUT2D eigenvalue weighted by atomic mass is 10.2. The molecule has 0 aliphatic heterocycles. The van der Waals surface area contributed by atoms with Crippen molar-refractivity contribution >= 4 is 22.5 Å². The second-order valence-corrected chi connectivity index (χ2v) is 5.80. The third-order valence-electron chi connectivity index (χ3n) is 4.14. The van der Waals surface area contributed by atoms with E-state index in [1.807, 2.05) is 31.2 Å². The molecule has 0 fully saturated rings. The van der Waals surface area contributed by atoms with E-state index < -0.39 is 0 Å². The smallest absolute Gasteiger partial charge is 0.168 e. The molecular formula is C19H16FN5O. The van der Waals surface area contributed by atoms with Gasteiger partial charge in [-0.25, -0.2) is 19.0 Å². The van der Waals surface area contributed by atoms with Gasteiger partial charge in [0.05, 0.1) is 24.4 Å². The summed E-state index contributed by atoms with van der Waals surface area (Å²) in [7, 11) is 1.62. The summed E-state index contributed by atoms with van der Waals surface area (Å²) in [4.78, 5) is 8.64. The molecule has 0 radical (unpaired) electrons. The number of aryl methyl sites for hydroxylation is 1. The number of aromatic nitrogens is 4. The van der Waals surface area contributed by atoms with Crippen LogP contribution >= 0.6 is 0 Å². The van der Waals surface area contributed by atoms with E-state index in [4.69, 9.17) is 4.74 Å². The van der Waals surface area contributed by atoms with Crippen molar-refractivity contribution in [1.29, 1.82) is 0 Å². The number of nitrogens with one attached hydrogen (secondary N) is 1. The number of nitrogens with zero attached hydrogens (tertiary/aromatic N) is 4. The highest BCUT2D eigenvalue weighted by Gasteiger charge is 2.12. The van der Waals surface area contributed by atoms with E-state index in [1.165, 1.54) is 18.5 Å². The van der Waals surface area contributed by atoms with Crippen molar-refractivity contribution in [2.24, 2.45) is 0 Å². The van der Waals surface area contributed by atoms with Gasteiger partial charge in [-0.2, -0.15) is 5.10 Å². The summed E-state index contributed by atoms with van der Waals surface area (Å²) >= 11 is 0. The molecule has 0 spiro atoms. The van der Waals surface area contributed by atoms with E-state index >= 15 is 0 Å². The fourth-order valence-corrected chi connectivity index (χ4v) is 2.71. The van der Waals surface area contributed by atoms with Crippen LogP contribution in [0.5, 0.6) is 5.75 Å². The predicted molar refractivity (Wildman–Crippen MR) is 97.6 cm³/mol. The van der Waals surface area contributed by atoms with Gasteiger partial charge in [-0.1, -0.05) is 6.07 Å². The van der Waals surface area contributed by atoms with Crippen molar-refractivity contribution in [1.82, 2.24) is 19.7 Å². The zero-order chi connectivity index (χ0) is 18.1. The van der Waals surface area contributed by atoms with Crippen molar-refractivity contribution < 1.29 is 9.13 Å². The van der Waals surface area contributed by atoms with Gasteiger partial charge < -0.3 is 10.1 Å². The van der Waals surface area contributed by atoms with E-state index in [1.54, 1.807) is 24.1 Å². The first-order valence-corrected chi connectivity index (χ1v) is 8.02. The molecule has 0 saturated heterocycles. The Morgan fingerprint density at radius 1 is 1.08 bits per heavy atom. The Labute approximate surface area is 149 Å². The molecule has 0 aliphatic rings. The number of rotatable bonds is 4. The van der Waals surface area contributed by atoms with Crippen LogP contribution in [0, 0.1) is 12.7 Å². The second kappa shape index (κ2) is 6.44. The Balaban J connectivity index is 1.76. The van der Waals surface area contributed by atoms with E-state index in [9.17, 15) is 4.39 Å². The highest BCUT2D eigenvalue weighted by atomic mass is 19.1. The summed E-state index contributed by atoms with van der Waals surface area (Å²) < 4.78 is 20.5. The van der Waals surface area contributed by atoms with E-state index in [2.05, 4.69) is 20.4 Å². The molecule has 7 heteroatoms. The average molecular weight is 349 g/mol. The number of halogens is 1. The number of methoxy groups -OCH3 is 1. The third-order valence-corrected chi connectivity index (χ3v) is 4.14. The van der Waals surface area contributed by atoms with Crippen molar-refractivity contribution in [3.63, 3.8) is 0 Å². The lowest BCUT2D eigenvalue weighted by Gasteiger charge is -2.10. The quantitative estimate of drug-likeness (QED) is 0.603. The maximum absolute atomic E-state index is 13.6. The zero-order valence-corrected chi connectivity index (χ0v) is 14.3. The normalized spacial score (nSPS) is 10.9. The lowest BCUT2D eigenvalue weighted by Crippen LogP contribution is -2.00. The Kier molecular flexibility index (Phi) is 3.96. The molecular weight excluding hydrogens is 333 g/mol. The Morgan fingerprint density at radius 2 is 1.88 bits per heavy atom. The number of anilines is 2. The van der Waals surface area contributed by atoms with Crippen LogP contribution in [-0.2, 0) is 0 Å². The summed E-state index contributed by atoms with van der Waals surface area (Å²) in [5, 5.41) is 8.34. The first kappa shape index (κ1) is 16.0. The number of fused-ring (bicyclic) bond motifs is 1. The summed E-state index contributed by atoms with van der Waals surface area (Å²) in [6, 6.07) is 12.1. The summed E-state index contributed by atoms with van der Waals surface area (Å²) in [6.07, 6.45) is 3.15. The third kappa shape index (κ3) is 2.83. The molecule has 2 aromatic heterocycles. The molecule has 26 heavy (non-hydrogen) atoms. The monoisotopic (exact) mass is 349 g/mol. The van der Waals surface area contributed by atoms with Crippen LogP contribution in [0.25, 0.3) is 16.7 Å². The highest BCUT2D eigenvalue weighted by Crippen LogP contribution is 2.27. The van der Waals surface area contributed by atoms with Crippen LogP contribution in [-0.4, -0.2) is 26.9 Å². The summed E-state index contributed by atoms with van der Waals surface area (Å²) in [5.41, 5.74) is 3.08. The minimum absolute atomic E-state index is 0.308. The standard InChI is InChI=1S/C19H16FN5O/c1-12-3-4-13(20)9-17(12)24-18-16-10-23-25(19(16)22-11-21-18)14-5-7-15(26-2)8-6-14/h3-11H,1-2H3,(H,21,22,24). The number of hydrogen-bond acceptors (Lipinski definition) is 5. The fraction of sp³-hybridized carbons (Fsp3) is 0.105. The Bertz CT molecular complexity index is 1080. The van der Waals surface area contributed by atoms with Crippen molar-refractivity contribution in [3.05, 3.63) is 66.4 Å². The largest absolute Gasteiger partial charge is 0.497 e. The molecule has 130 valence electrons. The SMILES string of the molecule is COc1ccc(-n2ncc3c(Nc4cc(F)ccc4C)ncnc32)cc1. The van der Waals surface area contributed by atoms with E-state index in [0.29, 0.717) is 17.2 Å². The molecule has 0 atom stereocenters. The van der Waals surface area contributed by atoms with Crippen LogP contribution in [0.4, 0.5) is 15.9 Å². The van der Waals surface area contributed by atoms with Gasteiger partial charge in [-0.15, -0.1) is 0 Å². The zero-order valence-electron chi connectivity index (χ0n) is 14.3.